The Labute approximate surface area is 312 Å². The van der Waals surface area contributed by atoms with Gasteiger partial charge >= 0.3 is 30.0 Å². The number of carbonyl (C=O) groups excluding carboxylic acids is 2. The van der Waals surface area contributed by atoms with E-state index in [2.05, 4.69) is 10.6 Å². The second kappa shape index (κ2) is 24.1. The standard InChI is InChI=1S/C37H61N5O11/c1-5-41(6-2)36(33(48)49,22-19-30(43)44)21-14-17-28(25-37(34(50)51,23-20-31(45)46)42(7-3)8-4)39-32(47)29(18-12-13-24-38)40-35(52)53-26-27-15-10-9-11-16-27/h9-11,15-16,28-29H,5-8,12-14,17-26,38H2,1-4H3,(H,39,47)(H,40,52)(H,43,44)(H,45,46)(H,48,49)(H,50,51). The fourth-order valence-corrected chi connectivity index (χ4v) is 7.04. The predicted octanol–water partition coefficient (Wildman–Crippen LogP) is 3.52. The Hall–Kier alpha value is -4.28. The fourth-order valence-electron chi connectivity index (χ4n) is 7.04. The number of nitrogens with two attached hydrogens (primary N) is 1. The Bertz CT molecular complexity index is 1310. The van der Waals surface area contributed by atoms with Gasteiger partial charge in [-0.2, -0.15) is 0 Å². The van der Waals surface area contributed by atoms with E-state index in [1.165, 1.54) is 0 Å². The third kappa shape index (κ3) is 14.9. The number of carboxylic acids is 4. The van der Waals surface area contributed by atoms with Crippen molar-refractivity contribution in [2.75, 3.05) is 32.7 Å². The van der Waals surface area contributed by atoms with Crippen LogP contribution in [-0.2, 0) is 35.3 Å². The number of likely N-dealkylation sites (N-methyl/N-ethyl adjacent to an activating group) is 2. The molecule has 53 heavy (non-hydrogen) atoms. The van der Waals surface area contributed by atoms with Crippen LogP contribution in [0.4, 0.5) is 4.79 Å². The summed E-state index contributed by atoms with van der Waals surface area (Å²) in [4.78, 5) is 79.5. The molecule has 4 atom stereocenters. The number of aliphatic carboxylic acids is 4. The van der Waals surface area contributed by atoms with Crippen LogP contribution in [0, 0.1) is 0 Å². The molecule has 0 aliphatic rings. The van der Waals surface area contributed by atoms with Crippen molar-refractivity contribution >= 4 is 35.9 Å². The van der Waals surface area contributed by atoms with E-state index in [1.54, 1.807) is 61.8 Å². The first-order valence-corrected chi connectivity index (χ1v) is 18.5. The van der Waals surface area contributed by atoms with Crippen LogP contribution < -0.4 is 16.4 Å². The Morgan fingerprint density at radius 3 is 1.74 bits per heavy atom. The van der Waals surface area contributed by atoms with E-state index in [0.29, 0.717) is 32.5 Å². The van der Waals surface area contributed by atoms with E-state index in [9.17, 15) is 49.2 Å². The van der Waals surface area contributed by atoms with Crippen molar-refractivity contribution in [1.82, 2.24) is 20.4 Å². The lowest BCUT2D eigenvalue weighted by atomic mass is 9.81. The normalized spacial score (nSPS) is 14.8. The van der Waals surface area contributed by atoms with Gasteiger partial charge in [-0.1, -0.05) is 58.0 Å². The summed E-state index contributed by atoms with van der Waals surface area (Å²) in [6, 6.07) is 6.94. The molecule has 16 nitrogen and oxygen atoms in total. The smallest absolute Gasteiger partial charge is 0.408 e. The molecule has 0 heterocycles. The third-order valence-electron chi connectivity index (χ3n) is 9.88. The van der Waals surface area contributed by atoms with Crippen molar-refractivity contribution in [1.29, 1.82) is 0 Å². The van der Waals surface area contributed by atoms with Gasteiger partial charge in [0.15, 0.2) is 0 Å². The van der Waals surface area contributed by atoms with Gasteiger partial charge in [0.2, 0.25) is 5.91 Å². The molecule has 300 valence electrons. The highest BCUT2D eigenvalue weighted by Gasteiger charge is 2.46. The van der Waals surface area contributed by atoms with Crippen molar-refractivity contribution in [3.05, 3.63) is 35.9 Å². The molecular formula is C37H61N5O11. The molecule has 8 N–H and O–H groups in total. The van der Waals surface area contributed by atoms with E-state index >= 15 is 0 Å². The summed E-state index contributed by atoms with van der Waals surface area (Å²) < 4.78 is 5.36. The number of ether oxygens (including phenoxy) is 1. The Kier molecular flexibility index (Phi) is 21.3. The van der Waals surface area contributed by atoms with Gasteiger partial charge in [0.05, 0.1) is 0 Å². The summed E-state index contributed by atoms with van der Waals surface area (Å²) in [6.07, 6.45) is -0.920. The number of amides is 2. The number of benzene rings is 1. The second-order valence-electron chi connectivity index (χ2n) is 13.2. The van der Waals surface area contributed by atoms with Gasteiger partial charge in [0.1, 0.15) is 23.7 Å². The van der Waals surface area contributed by atoms with Gasteiger partial charge in [0.25, 0.3) is 0 Å². The highest BCUT2D eigenvalue weighted by molar-refractivity contribution is 5.86. The summed E-state index contributed by atoms with van der Waals surface area (Å²) >= 11 is 0. The molecule has 1 aromatic carbocycles. The number of carbonyl (C=O) groups is 6. The summed E-state index contributed by atoms with van der Waals surface area (Å²) in [7, 11) is 0. The number of alkyl carbamates (subject to hydrolysis) is 1. The zero-order valence-electron chi connectivity index (χ0n) is 31.7. The van der Waals surface area contributed by atoms with Gasteiger partial charge in [-0.3, -0.25) is 33.8 Å². The summed E-state index contributed by atoms with van der Waals surface area (Å²) in [6.45, 7) is 8.56. The number of unbranched alkanes of at least 4 members (excludes halogenated alkanes) is 1. The average molecular weight is 752 g/mol. The number of hydrogen-bond acceptors (Lipinski definition) is 10. The molecular weight excluding hydrogens is 690 g/mol. The molecule has 0 fully saturated rings. The topological polar surface area (TPSA) is 249 Å². The largest absolute Gasteiger partial charge is 0.481 e. The fraction of sp³-hybridized carbons (Fsp3) is 0.676. The number of nitrogens with zero attached hydrogens (tertiary/aromatic N) is 2. The van der Waals surface area contributed by atoms with Crippen LogP contribution in [0.15, 0.2) is 30.3 Å². The van der Waals surface area contributed by atoms with Crippen LogP contribution in [0.5, 0.6) is 0 Å². The maximum Gasteiger partial charge on any atom is 0.408 e. The lowest BCUT2D eigenvalue weighted by Gasteiger charge is -2.42. The minimum absolute atomic E-state index is 0.00583. The number of nitrogens with one attached hydrogen (secondary N) is 2. The van der Waals surface area contributed by atoms with Crippen molar-refractivity contribution < 1.29 is 53.9 Å². The summed E-state index contributed by atoms with van der Waals surface area (Å²) in [5.74, 6) is -5.42. The lowest BCUT2D eigenvalue weighted by molar-refractivity contribution is -0.155. The van der Waals surface area contributed by atoms with E-state index in [0.717, 1.165) is 5.56 Å². The average Bonchev–Trinajstić information content (AvgIpc) is 3.12. The summed E-state index contributed by atoms with van der Waals surface area (Å²) in [5, 5.41) is 45.7. The van der Waals surface area contributed by atoms with Crippen molar-refractivity contribution in [2.45, 2.75) is 128 Å². The SMILES string of the molecule is CCN(CC)C(CCCC(CC(CCC(=O)O)(C(=O)O)N(CC)CC)NC(=O)C(CCCCN)NC(=O)OCc1ccccc1)(CCC(=O)O)C(=O)O. The van der Waals surface area contributed by atoms with Crippen LogP contribution in [0.3, 0.4) is 0 Å². The first-order chi connectivity index (χ1) is 25.2. The van der Waals surface area contributed by atoms with Crippen LogP contribution in [-0.4, -0.2) is 122 Å². The minimum atomic E-state index is -1.72. The molecule has 0 saturated heterocycles. The molecule has 0 saturated carbocycles. The van der Waals surface area contributed by atoms with Crippen molar-refractivity contribution in [3.63, 3.8) is 0 Å². The molecule has 0 aliphatic heterocycles. The number of carboxylic acid groups (broad SMARTS) is 4. The van der Waals surface area contributed by atoms with E-state index in [1.807, 2.05) is 6.07 Å². The van der Waals surface area contributed by atoms with Gasteiger partial charge in [-0.15, -0.1) is 0 Å². The Morgan fingerprint density at radius 2 is 1.25 bits per heavy atom. The monoisotopic (exact) mass is 751 g/mol. The molecule has 16 heteroatoms. The maximum atomic E-state index is 14.0. The molecule has 4 unspecified atom stereocenters. The quantitative estimate of drug-likeness (QED) is 0.0579. The van der Waals surface area contributed by atoms with Crippen LogP contribution in [0.25, 0.3) is 0 Å². The minimum Gasteiger partial charge on any atom is -0.481 e. The number of rotatable bonds is 29. The highest BCUT2D eigenvalue weighted by atomic mass is 16.5. The molecule has 0 aliphatic carbocycles. The molecule has 0 aromatic heterocycles. The van der Waals surface area contributed by atoms with Crippen molar-refractivity contribution in [3.8, 4) is 0 Å². The molecule has 1 aromatic rings. The van der Waals surface area contributed by atoms with E-state index in [4.69, 9.17) is 10.5 Å². The first kappa shape index (κ1) is 46.7. The van der Waals surface area contributed by atoms with Gasteiger partial charge in [-0.05, 0) is 96.1 Å². The molecule has 0 radical (unpaired) electrons. The second-order valence-corrected chi connectivity index (χ2v) is 13.2. The third-order valence-corrected chi connectivity index (χ3v) is 9.88. The van der Waals surface area contributed by atoms with Crippen LogP contribution in [0.2, 0.25) is 0 Å². The van der Waals surface area contributed by atoms with Crippen LogP contribution in [0.1, 0.15) is 104 Å². The lowest BCUT2D eigenvalue weighted by Crippen LogP contribution is -2.59. The molecule has 0 bridgehead atoms. The molecule has 0 spiro atoms. The highest BCUT2D eigenvalue weighted by Crippen LogP contribution is 2.33. The zero-order chi connectivity index (χ0) is 40.0. The molecule has 2 amide bonds. The van der Waals surface area contributed by atoms with Crippen LogP contribution >= 0.6 is 0 Å². The summed E-state index contributed by atoms with van der Waals surface area (Å²) in [5.41, 5.74) is 3.16. The Morgan fingerprint density at radius 1 is 0.717 bits per heavy atom. The zero-order valence-corrected chi connectivity index (χ0v) is 31.7. The predicted molar refractivity (Wildman–Crippen MR) is 197 cm³/mol. The van der Waals surface area contributed by atoms with E-state index in [-0.39, 0.29) is 64.6 Å². The van der Waals surface area contributed by atoms with Gasteiger partial charge < -0.3 is 41.5 Å². The van der Waals surface area contributed by atoms with E-state index < -0.39 is 71.9 Å². The Balaban J connectivity index is 3.57. The number of hydrogen-bond donors (Lipinski definition) is 7. The van der Waals surface area contributed by atoms with Gasteiger partial charge in [0, 0.05) is 18.9 Å². The molecule has 1 rings (SSSR count). The van der Waals surface area contributed by atoms with Gasteiger partial charge in [-0.25, -0.2) is 4.79 Å². The van der Waals surface area contributed by atoms with Crippen molar-refractivity contribution in [2.24, 2.45) is 5.73 Å². The first-order valence-electron chi connectivity index (χ1n) is 18.5. The maximum absolute atomic E-state index is 14.0.